The van der Waals surface area contributed by atoms with Crippen LogP contribution in [0, 0.1) is 11.8 Å². The Bertz CT molecular complexity index is 658. The predicted octanol–water partition coefficient (Wildman–Crippen LogP) is 3.96. The summed E-state index contributed by atoms with van der Waals surface area (Å²) >= 11 is 5.77. The number of alkyl halides is 3. The van der Waals surface area contributed by atoms with Crippen LogP contribution < -0.4 is 5.32 Å². The van der Waals surface area contributed by atoms with Crippen LogP contribution in [-0.4, -0.2) is 17.0 Å². The van der Waals surface area contributed by atoms with E-state index in [0.717, 1.165) is 12.1 Å². The second-order valence-corrected chi connectivity index (χ2v) is 5.58. The van der Waals surface area contributed by atoms with Crippen molar-refractivity contribution in [2.75, 3.05) is 5.32 Å². The van der Waals surface area contributed by atoms with E-state index in [1.54, 1.807) is 12.2 Å². The van der Waals surface area contributed by atoms with Gasteiger partial charge in [0, 0.05) is 0 Å². The molecule has 4 nitrogen and oxygen atoms in total. The molecule has 1 aromatic rings. The van der Waals surface area contributed by atoms with E-state index in [9.17, 15) is 22.8 Å². The fraction of sp³-hybridized carbons (Fsp3) is 0.333. The molecule has 0 spiro atoms. The molecule has 2 N–H and O–H groups in total. The summed E-state index contributed by atoms with van der Waals surface area (Å²) in [6, 6.07) is 2.57. The number of hydrogen-bond donors (Lipinski definition) is 2. The van der Waals surface area contributed by atoms with Crippen molar-refractivity contribution in [3.8, 4) is 0 Å². The molecule has 0 heterocycles. The maximum Gasteiger partial charge on any atom is 0.416 e. The number of anilines is 1. The van der Waals surface area contributed by atoms with Crippen LogP contribution in [0.5, 0.6) is 0 Å². The van der Waals surface area contributed by atoms with E-state index in [2.05, 4.69) is 5.32 Å². The third-order valence-corrected chi connectivity index (χ3v) is 3.95. The van der Waals surface area contributed by atoms with Crippen molar-refractivity contribution in [3.05, 3.63) is 40.9 Å². The standard InChI is InChI=1S/C15H13ClF3NO3/c16-11-7-8(15(17,18)19)5-6-12(11)20-13(21)9-3-1-2-4-10(9)14(22)23/h1-2,5-7,9-10H,3-4H2,(H,20,21)(H,22,23)/t9-,10-/m1/s1. The van der Waals surface area contributed by atoms with E-state index >= 15 is 0 Å². The van der Waals surface area contributed by atoms with Gasteiger partial charge in [0.05, 0.1) is 28.1 Å². The highest BCUT2D eigenvalue weighted by atomic mass is 35.5. The topological polar surface area (TPSA) is 66.4 Å². The van der Waals surface area contributed by atoms with Crippen LogP contribution in [0.1, 0.15) is 18.4 Å². The number of carboxylic acid groups (broad SMARTS) is 1. The van der Waals surface area contributed by atoms with Gasteiger partial charge in [-0.05, 0) is 31.0 Å². The molecule has 0 fully saturated rings. The molecule has 124 valence electrons. The Morgan fingerprint density at radius 3 is 2.30 bits per heavy atom. The number of aliphatic carboxylic acids is 1. The van der Waals surface area contributed by atoms with Gasteiger partial charge in [-0.15, -0.1) is 0 Å². The Kier molecular flexibility index (Phi) is 4.99. The molecule has 0 saturated heterocycles. The van der Waals surface area contributed by atoms with Crippen LogP contribution in [0.4, 0.5) is 18.9 Å². The van der Waals surface area contributed by atoms with Crippen molar-refractivity contribution in [1.82, 2.24) is 0 Å². The third kappa shape index (κ3) is 4.04. The van der Waals surface area contributed by atoms with Crippen molar-refractivity contribution in [1.29, 1.82) is 0 Å². The minimum Gasteiger partial charge on any atom is -0.481 e. The van der Waals surface area contributed by atoms with Crippen LogP contribution in [0.2, 0.25) is 5.02 Å². The lowest BCUT2D eigenvalue weighted by atomic mass is 9.82. The number of amides is 1. The zero-order chi connectivity index (χ0) is 17.2. The molecule has 2 rings (SSSR count). The molecule has 8 heteroatoms. The lowest BCUT2D eigenvalue weighted by Gasteiger charge is -2.24. The number of allylic oxidation sites excluding steroid dienone is 2. The number of carbonyl (C=O) groups excluding carboxylic acids is 1. The first-order valence-electron chi connectivity index (χ1n) is 6.75. The molecule has 0 saturated carbocycles. The highest BCUT2D eigenvalue weighted by molar-refractivity contribution is 6.33. The van der Waals surface area contributed by atoms with Gasteiger partial charge in [0.25, 0.3) is 0 Å². The molecule has 0 aromatic heterocycles. The molecule has 1 aliphatic carbocycles. The number of halogens is 4. The Morgan fingerprint density at radius 2 is 1.78 bits per heavy atom. The average Bonchev–Trinajstić information content (AvgIpc) is 2.48. The molecule has 0 unspecified atom stereocenters. The molecule has 1 aromatic carbocycles. The van der Waals surface area contributed by atoms with Gasteiger partial charge in [0.1, 0.15) is 0 Å². The van der Waals surface area contributed by atoms with Gasteiger partial charge in [-0.1, -0.05) is 23.8 Å². The summed E-state index contributed by atoms with van der Waals surface area (Å²) in [7, 11) is 0. The lowest BCUT2D eigenvalue weighted by molar-refractivity contribution is -0.146. The van der Waals surface area contributed by atoms with Crippen LogP contribution in [0.15, 0.2) is 30.4 Å². The zero-order valence-corrected chi connectivity index (χ0v) is 12.5. The average molecular weight is 348 g/mol. The van der Waals surface area contributed by atoms with E-state index in [1.165, 1.54) is 0 Å². The van der Waals surface area contributed by atoms with Crippen LogP contribution in [-0.2, 0) is 15.8 Å². The van der Waals surface area contributed by atoms with Crippen molar-refractivity contribution in [2.45, 2.75) is 19.0 Å². The molecular formula is C15H13ClF3NO3. The van der Waals surface area contributed by atoms with Gasteiger partial charge in [0.15, 0.2) is 0 Å². The summed E-state index contributed by atoms with van der Waals surface area (Å²) in [5.41, 5.74) is -0.909. The Morgan fingerprint density at radius 1 is 1.17 bits per heavy atom. The Balaban J connectivity index is 2.17. The van der Waals surface area contributed by atoms with E-state index in [-0.39, 0.29) is 23.6 Å². The number of carboxylic acids is 1. The largest absolute Gasteiger partial charge is 0.481 e. The number of hydrogen-bond acceptors (Lipinski definition) is 2. The summed E-state index contributed by atoms with van der Waals surface area (Å²) in [4.78, 5) is 23.4. The first kappa shape index (κ1) is 17.3. The number of rotatable bonds is 3. The minimum absolute atomic E-state index is 0.0170. The van der Waals surface area contributed by atoms with E-state index in [0.29, 0.717) is 6.07 Å². The highest BCUT2D eigenvalue weighted by Crippen LogP contribution is 2.34. The van der Waals surface area contributed by atoms with Crippen LogP contribution in [0.25, 0.3) is 0 Å². The van der Waals surface area contributed by atoms with Crippen LogP contribution >= 0.6 is 11.6 Å². The minimum atomic E-state index is -4.53. The van der Waals surface area contributed by atoms with Gasteiger partial charge in [-0.2, -0.15) is 13.2 Å². The molecule has 1 amide bonds. The molecule has 0 aliphatic heterocycles. The second kappa shape index (κ2) is 6.62. The smallest absolute Gasteiger partial charge is 0.416 e. The van der Waals surface area contributed by atoms with Gasteiger partial charge in [-0.3, -0.25) is 9.59 Å². The number of carbonyl (C=O) groups is 2. The third-order valence-electron chi connectivity index (χ3n) is 3.64. The number of benzene rings is 1. The zero-order valence-electron chi connectivity index (χ0n) is 11.7. The monoisotopic (exact) mass is 347 g/mol. The molecule has 0 bridgehead atoms. The molecular weight excluding hydrogens is 335 g/mol. The van der Waals surface area contributed by atoms with E-state index in [4.69, 9.17) is 16.7 Å². The molecule has 0 radical (unpaired) electrons. The van der Waals surface area contributed by atoms with Crippen molar-refractivity contribution < 1.29 is 27.9 Å². The highest BCUT2D eigenvalue weighted by Gasteiger charge is 2.35. The summed E-state index contributed by atoms with van der Waals surface area (Å²) in [5, 5.41) is 11.3. The summed E-state index contributed by atoms with van der Waals surface area (Å²) in [5.74, 6) is -3.33. The predicted molar refractivity (Wildman–Crippen MR) is 78.1 cm³/mol. The fourth-order valence-electron chi connectivity index (χ4n) is 2.40. The maximum absolute atomic E-state index is 12.6. The Hall–Kier alpha value is -2.02. The van der Waals surface area contributed by atoms with Crippen molar-refractivity contribution >= 4 is 29.2 Å². The summed E-state index contributed by atoms with van der Waals surface area (Å²) < 4.78 is 37.7. The Labute approximate surface area is 134 Å². The van der Waals surface area contributed by atoms with E-state index < -0.39 is 35.5 Å². The summed E-state index contributed by atoms with van der Waals surface area (Å²) in [6.07, 6.45) is -0.657. The SMILES string of the molecule is O=C(O)[C@@H]1CC=CC[C@H]1C(=O)Nc1ccc(C(F)(F)F)cc1Cl. The second-order valence-electron chi connectivity index (χ2n) is 5.18. The molecule has 23 heavy (non-hydrogen) atoms. The van der Waals surface area contributed by atoms with Crippen molar-refractivity contribution in [3.63, 3.8) is 0 Å². The first-order chi connectivity index (χ1) is 10.7. The maximum atomic E-state index is 12.6. The lowest BCUT2D eigenvalue weighted by Crippen LogP contribution is -2.34. The van der Waals surface area contributed by atoms with Gasteiger partial charge < -0.3 is 10.4 Å². The summed E-state index contributed by atoms with van der Waals surface area (Å²) in [6.45, 7) is 0. The van der Waals surface area contributed by atoms with Crippen LogP contribution in [0.3, 0.4) is 0 Å². The van der Waals surface area contributed by atoms with Gasteiger partial charge in [0.2, 0.25) is 5.91 Å². The molecule has 2 atom stereocenters. The fourth-order valence-corrected chi connectivity index (χ4v) is 2.62. The normalized spacial score (nSPS) is 21.0. The van der Waals surface area contributed by atoms with Gasteiger partial charge in [-0.25, -0.2) is 0 Å². The molecule has 1 aliphatic rings. The quantitative estimate of drug-likeness (QED) is 0.813. The first-order valence-corrected chi connectivity index (χ1v) is 7.13. The van der Waals surface area contributed by atoms with E-state index in [1.807, 2.05) is 0 Å². The van der Waals surface area contributed by atoms with Gasteiger partial charge >= 0.3 is 12.1 Å². The number of nitrogens with one attached hydrogen (secondary N) is 1. The van der Waals surface area contributed by atoms with Crippen molar-refractivity contribution in [2.24, 2.45) is 11.8 Å².